The van der Waals surface area contributed by atoms with Crippen LogP contribution in [0.2, 0.25) is 0 Å². The fourth-order valence-electron chi connectivity index (χ4n) is 3.06. The summed E-state index contributed by atoms with van der Waals surface area (Å²) in [4.78, 5) is 15.9. The lowest BCUT2D eigenvalue weighted by Gasteiger charge is -2.10. The molecule has 2 fully saturated rings. The molecular weight excluding hydrogens is 244 g/mol. The summed E-state index contributed by atoms with van der Waals surface area (Å²) in [5.74, 6) is 0.533. The molecule has 1 heterocycles. The molecule has 1 aromatic heterocycles. The van der Waals surface area contributed by atoms with Gasteiger partial charge in [-0.1, -0.05) is 25.4 Å². The fourth-order valence-corrected chi connectivity index (χ4v) is 3.06. The molecule has 1 N–H and O–H groups in total. The Balaban J connectivity index is 1.83. The van der Waals surface area contributed by atoms with Crippen LogP contribution in [0, 0.1) is 11.8 Å². The van der Waals surface area contributed by atoms with E-state index in [2.05, 4.69) is 24.0 Å². The van der Waals surface area contributed by atoms with Crippen LogP contribution in [0.3, 0.4) is 0 Å². The van der Waals surface area contributed by atoms with Gasteiger partial charge in [0.05, 0.1) is 11.8 Å². The molecule has 5 nitrogen and oxygen atoms in total. The standard InChI is InChI=1S/C14H20N2O3/c1-3-8-6-9(10(7-8)12(17)18)11-15-13(16-19-11)14(2)4-5-14/h8-10H,3-7H2,1-2H3,(H,17,18). The molecule has 0 bridgehead atoms. The van der Waals surface area contributed by atoms with Gasteiger partial charge in [0, 0.05) is 5.41 Å². The number of carboxylic acid groups (broad SMARTS) is 1. The maximum atomic E-state index is 11.4. The number of nitrogens with zero attached hydrogens (tertiary/aromatic N) is 2. The Bertz CT molecular complexity index is 493. The molecular formula is C14H20N2O3. The van der Waals surface area contributed by atoms with E-state index in [1.165, 1.54) is 0 Å². The van der Waals surface area contributed by atoms with E-state index in [1.807, 2.05) is 0 Å². The van der Waals surface area contributed by atoms with E-state index in [9.17, 15) is 9.90 Å². The van der Waals surface area contributed by atoms with Crippen LogP contribution in [0.5, 0.6) is 0 Å². The molecule has 2 aliphatic carbocycles. The van der Waals surface area contributed by atoms with Crippen molar-refractivity contribution in [3.05, 3.63) is 11.7 Å². The highest BCUT2D eigenvalue weighted by molar-refractivity contribution is 5.71. The molecule has 0 spiro atoms. The Morgan fingerprint density at radius 1 is 1.47 bits per heavy atom. The van der Waals surface area contributed by atoms with Crippen molar-refractivity contribution in [2.45, 2.75) is 57.3 Å². The molecule has 19 heavy (non-hydrogen) atoms. The summed E-state index contributed by atoms with van der Waals surface area (Å²) < 4.78 is 5.36. The number of hydrogen-bond acceptors (Lipinski definition) is 4. The lowest BCUT2D eigenvalue weighted by Crippen LogP contribution is -2.17. The lowest BCUT2D eigenvalue weighted by atomic mass is 9.96. The molecule has 104 valence electrons. The van der Waals surface area contributed by atoms with Crippen LogP contribution < -0.4 is 0 Å². The number of rotatable bonds is 4. The van der Waals surface area contributed by atoms with E-state index in [-0.39, 0.29) is 17.3 Å². The number of hydrogen-bond donors (Lipinski definition) is 1. The predicted octanol–water partition coefficient (Wildman–Crippen LogP) is 2.73. The van der Waals surface area contributed by atoms with E-state index < -0.39 is 5.97 Å². The Morgan fingerprint density at radius 2 is 2.21 bits per heavy atom. The van der Waals surface area contributed by atoms with Crippen LogP contribution >= 0.6 is 0 Å². The Hall–Kier alpha value is -1.39. The van der Waals surface area contributed by atoms with Crippen molar-refractivity contribution in [3.63, 3.8) is 0 Å². The van der Waals surface area contributed by atoms with Crippen molar-refractivity contribution in [2.75, 3.05) is 0 Å². The van der Waals surface area contributed by atoms with Crippen molar-refractivity contribution in [1.82, 2.24) is 10.1 Å². The van der Waals surface area contributed by atoms with Gasteiger partial charge < -0.3 is 9.63 Å². The van der Waals surface area contributed by atoms with Gasteiger partial charge >= 0.3 is 5.97 Å². The largest absolute Gasteiger partial charge is 0.481 e. The second-order valence-corrected chi connectivity index (χ2v) is 6.31. The highest BCUT2D eigenvalue weighted by Crippen LogP contribution is 2.48. The minimum atomic E-state index is -0.738. The van der Waals surface area contributed by atoms with Gasteiger partial charge in [0.2, 0.25) is 5.89 Å². The molecule has 0 radical (unpaired) electrons. The summed E-state index contributed by atoms with van der Waals surface area (Å²) in [6.07, 6.45) is 4.78. The minimum Gasteiger partial charge on any atom is -0.481 e. The zero-order valence-electron chi connectivity index (χ0n) is 11.4. The van der Waals surface area contributed by atoms with Gasteiger partial charge in [-0.3, -0.25) is 4.79 Å². The maximum absolute atomic E-state index is 11.4. The van der Waals surface area contributed by atoms with Crippen LogP contribution in [0.25, 0.3) is 0 Å². The topological polar surface area (TPSA) is 76.2 Å². The van der Waals surface area contributed by atoms with E-state index in [4.69, 9.17) is 4.52 Å². The molecule has 0 aromatic carbocycles. The van der Waals surface area contributed by atoms with Crippen LogP contribution in [-0.2, 0) is 10.2 Å². The summed E-state index contributed by atoms with van der Waals surface area (Å²) in [6.45, 7) is 4.23. The van der Waals surface area contributed by atoms with Gasteiger partial charge in [-0.2, -0.15) is 4.98 Å². The fraction of sp³-hybridized carbons (Fsp3) is 0.786. The van der Waals surface area contributed by atoms with Crippen molar-refractivity contribution >= 4 is 5.97 Å². The normalized spacial score (nSPS) is 32.4. The number of carbonyl (C=O) groups is 1. The summed E-state index contributed by atoms with van der Waals surface area (Å²) >= 11 is 0. The second kappa shape index (κ2) is 4.32. The van der Waals surface area contributed by atoms with Crippen LogP contribution in [0.4, 0.5) is 0 Å². The third-order valence-corrected chi connectivity index (χ3v) is 4.85. The van der Waals surface area contributed by atoms with Gasteiger partial charge in [0.1, 0.15) is 0 Å². The molecule has 2 saturated carbocycles. The summed E-state index contributed by atoms with van der Waals surface area (Å²) in [5, 5.41) is 13.4. The zero-order valence-corrected chi connectivity index (χ0v) is 11.4. The number of aromatic nitrogens is 2. The summed E-state index contributed by atoms with van der Waals surface area (Å²) in [5.41, 5.74) is 0.0727. The van der Waals surface area contributed by atoms with E-state index in [1.54, 1.807) is 0 Å². The van der Waals surface area contributed by atoms with Crippen molar-refractivity contribution in [1.29, 1.82) is 0 Å². The third-order valence-electron chi connectivity index (χ3n) is 4.85. The van der Waals surface area contributed by atoms with Crippen molar-refractivity contribution in [3.8, 4) is 0 Å². The summed E-state index contributed by atoms with van der Waals surface area (Å²) in [6, 6.07) is 0. The zero-order chi connectivity index (χ0) is 13.6. The average Bonchev–Trinajstić information content (AvgIpc) is 2.88. The molecule has 2 aliphatic rings. The molecule has 0 saturated heterocycles. The third kappa shape index (κ3) is 2.15. The molecule has 1 aromatic rings. The first-order valence-electron chi connectivity index (χ1n) is 7.10. The number of aliphatic carboxylic acids is 1. The second-order valence-electron chi connectivity index (χ2n) is 6.31. The predicted molar refractivity (Wildman–Crippen MR) is 67.8 cm³/mol. The van der Waals surface area contributed by atoms with Crippen molar-refractivity contribution in [2.24, 2.45) is 11.8 Å². The monoisotopic (exact) mass is 264 g/mol. The smallest absolute Gasteiger partial charge is 0.307 e. The van der Waals surface area contributed by atoms with E-state index in [0.29, 0.717) is 11.8 Å². The average molecular weight is 264 g/mol. The molecule has 3 unspecified atom stereocenters. The highest BCUT2D eigenvalue weighted by Gasteiger charge is 2.46. The van der Waals surface area contributed by atoms with Crippen molar-refractivity contribution < 1.29 is 14.4 Å². The lowest BCUT2D eigenvalue weighted by molar-refractivity contribution is -0.142. The number of carboxylic acids is 1. The van der Waals surface area contributed by atoms with Gasteiger partial charge in [0.15, 0.2) is 5.82 Å². The van der Waals surface area contributed by atoms with Crippen LogP contribution in [0.15, 0.2) is 4.52 Å². The van der Waals surface area contributed by atoms with Crippen LogP contribution in [0.1, 0.15) is 63.6 Å². The highest BCUT2D eigenvalue weighted by atomic mass is 16.5. The SMILES string of the molecule is CCC1CC(C(=O)O)C(c2nc(C3(C)CC3)no2)C1. The summed E-state index contributed by atoms with van der Waals surface area (Å²) in [7, 11) is 0. The van der Waals surface area contributed by atoms with E-state index in [0.717, 1.165) is 37.9 Å². The van der Waals surface area contributed by atoms with Gasteiger partial charge in [0.25, 0.3) is 0 Å². The molecule has 0 aliphatic heterocycles. The van der Waals surface area contributed by atoms with E-state index >= 15 is 0 Å². The Labute approximate surface area is 112 Å². The van der Waals surface area contributed by atoms with Gasteiger partial charge in [-0.15, -0.1) is 0 Å². The molecule has 5 heteroatoms. The molecule has 3 atom stereocenters. The Morgan fingerprint density at radius 3 is 2.79 bits per heavy atom. The first-order chi connectivity index (χ1) is 9.03. The van der Waals surface area contributed by atoms with Gasteiger partial charge in [-0.05, 0) is 31.6 Å². The maximum Gasteiger partial charge on any atom is 0.307 e. The van der Waals surface area contributed by atoms with Gasteiger partial charge in [-0.25, -0.2) is 0 Å². The first-order valence-corrected chi connectivity index (χ1v) is 7.10. The molecule has 0 amide bonds. The Kier molecular flexibility index (Phi) is 2.87. The minimum absolute atomic E-state index is 0.0727. The molecule has 3 rings (SSSR count). The van der Waals surface area contributed by atoms with Crippen LogP contribution in [-0.4, -0.2) is 21.2 Å². The quantitative estimate of drug-likeness (QED) is 0.904. The first kappa shape index (κ1) is 12.6.